The summed E-state index contributed by atoms with van der Waals surface area (Å²) >= 11 is 3.10. The molecule has 1 aromatic heterocycles. The summed E-state index contributed by atoms with van der Waals surface area (Å²) in [5, 5.41) is 14.7. The summed E-state index contributed by atoms with van der Waals surface area (Å²) in [4.78, 5) is 21.6. The molecular formula is C13H12BrN3O4. The quantitative estimate of drug-likeness (QED) is 0.467. The maximum atomic E-state index is 11.4. The van der Waals surface area contributed by atoms with Gasteiger partial charge in [-0.15, -0.1) is 0 Å². The maximum absolute atomic E-state index is 11.4. The van der Waals surface area contributed by atoms with Gasteiger partial charge in [0, 0.05) is 0 Å². The van der Waals surface area contributed by atoms with Crippen molar-refractivity contribution in [1.82, 2.24) is 9.78 Å². The van der Waals surface area contributed by atoms with Crippen LogP contribution in [0.2, 0.25) is 0 Å². The molecule has 0 N–H and O–H groups in total. The molecular weight excluding hydrogens is 342 g/mol. The second-order valence-corrected chi connectivity index (χ2v) is 5.13. The van der Waals surface area contributed by atoms with Crippen LogP contribution in [0.4, 0.5) is 5.82 Å². The maximum Gasteiger partial charge on any atom is 0.404 e. The number of nitrogens with zero attached hydrogens (tertiary/aromatic N) is 3. The molecule has 0 atom stereocenters. The van der Waals surface area contributed by atoms with Gasteiger partial charge in [0.2, 0.25) is 0 Å². The van der Waals surface area contributed by atoms with Crippen molar-refractivity contribution in [3.8, 4) is 0 Å². The van der Waals surface area contributed by atoms with E-state index >= 15 is 0 Å². The van der Waals surface area contributed by atoms with Gasteiger partial charge in [-0.2, -0.15) is 4.68 Å². The molecule has 0 spiro atoms. The minimum Gasteiger partial charge on any atom is -0.469 e. The molecule has 0 unspecified atom stereocenters. The fourth-order valence-electron chi connectivity index (χ4n) is 1.88. The van der Waals surface area contributed by atoms with Crippen LogP contribution in [0.5, 0.6) is 0 Å². The molecule has 2 rings (SSSR count). The third-order valence-electron chi connectivity index (χ3n) is 2.89. The third kappa shape index (κ3) is 3.66. The first-order valence-electron chi connectivity index (χ1n) is 6.02. The second-order valence-electron chi connectivity index (χ2n) is 4.28. The largest absolute Gasteiger partial charge is 0.469 e. The van der Waals surface area contributed by atoms with Crippen LogP contribution in [0, 0.1) is 10.1 Å². The predicted octanol–water partition coefficient (Wildman–Crippen LogP) is 2.32. The molecule has 0 aliphatic rings. The predicted molar refractivity (Wildman–Crippen MR) is 77.8 cm³/mol. The van der Waals surface area contributed by atoms with E-state index in [-0.39, 0.29) is 18.2 Å². The normalized spacial score (nSPS) is 10.4. The Labute approximate surface area is 128 Å². The third-order valence-corrected chi connectivity index (χ3v) is 3.44. The molecule has 0 amide bonds. The van der Waals surface area contributed by atoms with Crippen molar-refractivity contribution < 1.29 is 14.5 Å². The molecule has 1 aromatic carbocycles. The molecule has 0 aliphatic carbocycles. The molecule has 7 nitrogen and oxygen atoms in total. The van der Waals surface area contributed by atoms with Gasteiger partial charge in [0.05, 0.1) is 31.4 Å². The molecule has 21 heavy (non-hydrogen) atoms. The van der Waals surface area contributed by atoms with Gasteiger partial charge in [-0.1, -0.05) is 24.3 Å². The fourth-order valence-corrected chi connectivity index (χ4v) is 2.34. The zero-order valence-corrected chi connectivity index (χ0v) is 12.7. The number of hydrogen-bond donors (Lipinski definition) is 0. The van der Waals surface area contributed by atoms with Crippen molar-refractivity contribution in [2.75, 3.05) is 7.11 Å². The van der Waals surface area contributed by atoms with Crippen molar-refractivity contribution in [2.24, 2.45) is 0 Å². The average Bonchev–Trinajstić information content (AvgIpc) is 2.82. The van der Waals surface area contributed by atoms with Crippen LogP contribution in [0.1, 0.15) is 11.1 Å². The van der Waals surface area contributed by atoms with E-state index < -0.39 is 4.92 Å². The highest BCUT2D eigenvalue weighted by atomic mass is 79.9. The van der Waals surface area contributed by atoms with E-state index in [9.17, 15) is 14.9 Å². The lowest BCUT2D eigenvalue weighted by molar-refractivity contribution is -0.390. The number of benzene rings is 1. The Hall–Kier alpha value is -2.22. The van der Waals surface area contributed by atoms with Gasteiger partial charge in [-0.3, -0.25) is 4.79 Å². The zero-order chi connectivity index (χ0) is 15.4. The molecule has 0 fully saturated rings. The van der Waals surface area contributed by atoms with Crippen molar-refractivity contribution in [2.45, 2.75) is 13.0 Å². The molecule has 110 valence electrons. The fraction of sp³-hybridized carbons (Fsp3) is 0.231. The summed E-state index contributed by atoms with van der Waals surface area (Å²) in [7, 11) is 1.33. The number of halogens is 1. The Morgan fingerprint density at radius 2 is 2.10 bits per heavy atom. The lowest BCUT2D eigenvalue weighted by atomic mass is 10.0. The van der Waals surface area contributed by atoms with Crippen molar-refractivity contribution >= 4 is 27.7 Å². The number of nitro groups is 1. The summed E-state index contributed by atoms with van der Waals surface area (Å²) < 4.78 is 6.43. The Balaban J connectivity index is 2.25. The van der Waals surface area contributed by atoms with Crippen LogP contribution in [-0.4, -0.2) is 27.8 Å². The van der Waals surface area contributed by atoms with Gasteiger partial charge in [-0.25, -0.2) is 0 Å². The van der Waals surface area contributed by atoms with Crippen LogP contribution in [0.3, 0.4) is 0 Å². The van der Waals surface area contributed by atoms with E-state index in [0.717, 1.165) is 11.1 Å². The summed E-state index contributed by atoms with van der Waals surface area (Å²) in [5.41, 5.74) is 1.66. The molecule has 0 radical (unpaired) electrons. The highest BCUT2D eigenvalue weighted by Gasteiger charge is 2.19. The van der Waals surface area contributed by atoms with Crippen molar-refractivity contribution in [1.29, 1.82) is 0 Å². The average molecular weight is 354 g/mol. The van der Waals surface area contributed by atoms with Crippen LogP contribution in [0.25, 0.3) is 0 Å². The first-order valence-corrected chi connectivity index (χ1v) is 6.81. The smallest absolute Gasteiger partial charge is 0.404 e. The minimum atomic E-state index is -0.555. The highest BCUT2D eigenvalue weighted by Crippen LogP contribution is 2.23. The molecule has 1 heterocycles. The molecule has 0 bridgehead atoms. The van der Waals surface area contributed by atoms with Crippen molar-refractivity contribution in [3.05, 3.63) is 56.2 Å². The van der Waals surface area contributed by atoms with Gasteiger partial charge >= 0.3 is 11.8 Å². The first kappa shape index (κ1) is 15.2. The standard InChI is InChI=1S/C13H12BrN3O4/c1-21-12(18)6-9-4-2-3-5-10(9)7-16-8-11(14)13(15-16)17(19)20/h2-5,8H,6-7H2,1H3. The monoisotopic (exact) mass is 353 g/mol. The molecule has 0 saturated carbocycles. The first-order chi connectivity index (χ1) is 10.0. The summed E-state index contributed by atoms with van der Waals surface area (Å²) in [6.45, 7) is 0.333. The summed E-state index contributed by atoms with van der Waals surface area (Å²) in [5.74, 6) is -0.574. The van der Waals surface area contributed by atoms with Crippen LogP contribution in [0.15, 0.2) is 34.9 Å². The van der Waals surface area contributed by atoms with E-state index in [1.165, 1.54) is 18.0 Å². The Kier molecular flexibility index (Phi) is 4.69. The second kappa shape index (κ2) is 6.49. The molecule has 8 heteroatoms. The lowest BCUT2D eigenvalue weighted by Crippen LogP contribution is -2.09. The van der Waals surface area contributed by atoms with E-state index in [4.69, 9.17) is 0 Å². The van der Waals surface area contributed by atoms with Crippen LogP contribution >= 0.6 is 15.9 Å². The minimum absolute atomic E-state index is 0.150. The SMILES string of the molecule is COC(=O)Cc1ccccc1Cn1cc(Br)c([N+](=O)[O-])n1. The number of rotatable bonds is 5. The Morgan fingerprint density at radius 1 is 1.43 bits per heavy atom. The molecule has 2 aromatic rings. The van der Waals surface area contributed by atoms with Gasteiger partial charge in [0.1, 0.15) is 4.47 Å². The van der Waals surface area contributed by atoms with E-state index in [1.54, 1.807) is 0 Å². The van der Waals surface area contributed by atoms with E-state index in [2.05, 4.69) is 25.8 Å². The lowest BCUT2D eigenvalue weighted by Gasteiger charge is -2.07. The number of hydrogen-bond acceptors (Lipinski definition) is 5. The van der Waals surface area contributed by atoms with Crippen LogP contribution in [-0.2, 0) is 22.5 Å². The Morgan fingerprint density at radius 3 is 2.67 bits per heavy atom. The van der Waals surface area contributed by atoms with Gasteiger partial charge in [0.15, 0.2) is 0 Å². The Bertz CT molecular complexity index is 684. The van der Waals surface area contributed by atoms with E-state index in [1.807, 2.05) is 24.3 Å². The number of aromatic nitrogens is 2. The van der Waals surface area contributed by atoms with Crippen molar-refractivity contribution in [3.63, 3.8) is 0 Å². The molecule has 0 saturated heterocycles. The van der Waals surface area contributed by atoms with Gasteiger partial charge in [0.25, 0.3) is 0 Å². The van der Waals surface area contributed by atoms with Gasteiger partial charge in [-0.05, 0) is 32.0 Å². The number of esters is 1. The molecule has 0 aliphatic heterocycles. The summed E-state index contributed by atoms with van der Waals surface area (Å²) in [6.07, 6.45) is 1.68. The van der Waals surface area contributed by atoms with Gasteiger partial charge < -0.3 is 14.9 Å². The number of ether oxygens (including phenoxy) is 1. The van der Waals surface area contributed by atoms with Crippen LogP contribution < -0.4 is 0 Å². The number of carbonyl (C=O) groups is 1. The number of methoxy groups -OCH3 is 1. The topological polar surface area (TPSA) is 87.3 Å². The summed E-state index contributed by atoms with van der Waals surface area (Å²) in [6, 6.07) is 7.32. The highest BCUT2D eigenvalue weighted by molar-refractivity contribution is 9.10. The zero-order valence-electron chi connectivity index (χ0n) is 11.2. The number of carbonyl (C=O) groups excluding carboxylic acids is 1. The van der Waals surface area contributed by atoms with E-state index in [0.29, 0.717) is 11.0 Å².